The van der Waals surface area contributed by atoms with Crippen LogP contribution < -0.4 is 0 Å². The summed E-state index contributed by atoms with van der Waals surface area (Å²) in [6.45, 7) is 2.55. The lowest BCUT2D eigenvalue weighted by molar-refractivity contribution is 0.371. The summed E-state index contributed by atoms with van der Waals surface area (Å²) in [5.41, 5.74) is 1.84. The van der Waals surface area contributed by atoms with E-state index in [1.165, 1.54) is 6.33 Å². The van der Waals surface area contributed by atoms with Crippen molar-refractivity contribution in [2.24, 2.45) is 0 Å². The predicted molar refractivity (Wildman–Crippen MR) is 77.0 cm³/mol. The van der Waals surface area contributed by atoms with Crippen molar-refractivity contribution in [3.05, 3.63) is 41.3 Å². The van der Waals surface area contributed by atoms with Crippen molar-refractivity contribution in [1.29, 1.82) is 0 Å². The van der Waals surface area contributed by atoms with Crippen molar-refractivity contribution in [2.45, 2.75) is 25.3 Å². The molecule has 0 saturated heterocycles. The molecule has 104 valence electrons. The Hall–Kier alpha value is -1.59. The molecule has 20 heavy (non-hydrogen) atoms. The van der Waals surface area contributed by atoms with Gasteiger partial charge in [0, 0.05) is 18.0 Å². The summed E-state index contributed by atoms with van der Waals surface area (Å²) in [6.07, 6.45) is 2.01. The van der Waals surface area contributed by atoms with Crippen molar-refractivity contribution < 1.29 is 4.52 Å². The standard InChI is InChI=1S/C13H12Cl2N4O/c1-8(14)13-18-10-3-2-9(15)6-11(10)19(13)5-4-12-16-7-17-20-12/h2-3,6-8H,4-5H2,1H3. The Morgan fingerprint density at radius 1 is 1.40 bits per heavy atom. The maximum Gasteiger partial charge on any atom is 0.228 e. The van der Waals surface area contributed by atoms with Crippen LogP contribution in [0.2, 0.25) is 5.02 Å². The summed E-state index contributed by atoms with van der Waals surface area (Å²) in [4.78, 5) is 8.58. The summed E-state index contributed by atoms with van der Waals surface area (Å²) >= 11 is 12.3. The summed E-state index contributed by atoms with van der Waals surface area (Å²) in [5.74, 6) is 1.39. The fourth-order valence-electron chi connectivity index (χ4n) is 2.17. The molecule has 0 aliphatic carbocycles. The Bertz CT molecular complexity index is 721. The Kier molecular flexibility index (Phi) is 3.63. The van der Waals surface area contributed by atoms with Gasteiger partial charge in [0.25, 0.3) is 0 Å². The van der Waals surface area contributed by atoms with E-state index in [0.717, 1.165) is 16.9 Å². The van der Waals surface area contributed by atoms with Crippen LogP contribution in [0, 0.1) is 0 Å². The third kappa shape index (κ3) is 2.51. The lowest BCUT2D eigenvalue weighted by Gasteiger charge is -2.09. The lowest BCUT2D eigenvalue weighted by atomic mass is 10.3. The first-order valence-electron chi connectivity index (χ1n) is 6.20. The summed E-state index contributed by atoms with van der Waals surface area (Å²) < 4.78 is 7.06. The van der Waals surface area contributed by atoms with Crippen molar-refractivity contribution in [3.8, 4) is 0 Å². The van der Waals surface area contributed by atoms with E-state index in [2.05, 4.69) is 15.1 Å². The minimum Gasteiger partial charge on any atom is -0.340 e. The smallest absolute Gasteiger partial charge is 0.228 e. The lowest BCUT2D eigenvalue weighted by Crippen LogP contribution is -2.07. The van der Waals surface area contributed by atoms with E-state index in [1.54, 1.807) is 0 Å². The largest absolute Gasteiger partial charge is 0.340 e. The molecule has 0 N–H and O–H groups in total. The highest BCUT2D eigenvalue weighted by molar-refractivity contribution is 6.31. The number of imidazole rings is 1. The van der Waals surface area contributed by atoms with Crippen LogP contribution in [0.15, 0.2) is 29.0 Å². The van der Waals surface area contributed by atoms with Gasteiger partial charge in [0.15, 0.2) is 6.33 Å². The van der Waals surface area contributed by atoms with E-state index in [4.69, 9.17) is 27.7 Å². The maximum atomic E-state index is 6.21. The van der Waals surface area contributed by atoms with Crippen LogP contribution in [0.4, 0.5) is 0 Å². The molecule has 0 amide bonds. The monoisotopic (exact) mass is 310 g/mol. The van der Waals surface area contributed by atoms with Gasteiger partial charge in [0.2, 0.25) is 5.89 Å². The van der Waals surface area contributed by atoms with Gasteiger partial charge in [-0.3, -0.25) is 0 Å². The molecule has 0 saturated carbocycles. The molecule has 2 aromatic heterocycles. The van der Waals surface area contributed by atoms with Gasteiger partial charge in [-0.1, -0.05) is 16.8 Å². The van der Waals surface area contributed by atoms with Crippen LogP contribution in [-0.2, 0) is 13.0 Å². The Balaban J connectivity index is 2.01. The van der Waals surface area contributed by atoms with Crippen molar-refractivity contribution in [1.82, 2.24) is 19.7 Å². The third-order valence-corrected chi connectivity index (χ3v) is 3.48. The second kappa shape index (κ2) is 5.42. The first-order chi connectivity index (χ1) is 9.65. The highest BCUT2D eigenvalue weighted by Crippen LogP contribution is 2.26. The minimum atomic E-state index is -0.191. The number of hydrogen-bond donors (Lipinski definition) is 0. The number of benzene rings is 1. The number of fused-ring (bicyclic) bond motifs is 1. The second-order valence-electron chi connectivity index (χ2n) is 4.46. The van der Waals surface area contributed by atoms with Crippen LogP contribution in [0.1, 0.15) is 24.0 Å². The highest BCUT2D eigenvalue weighted by atomic mass is 35.5. The number of hydrogen-bond acceptors (Lipinski definition) is 4. The summed E-state index contributed by atoms with van der Waals surface area (Å²) in [5, 5.41) is 4.08. The number of nitrogens with zero attached hydrogens (tertiary/aromatic N) is 4. The molecule has 1 aromatic carbocycles. The van der Waals surface area contributed by atoms with Gasteiger partial charge < -0.3 is 9.09 Å². The van der Waals surface area contributed by atoms with Crippen LogP contribution in [-0.4, -0.2) is 19.7 Å². The van der Waals surface area contributed by atoms with Crippen LogP contribution in [0.3, 0.4) is 0 Å². The third-order valence-electron chi connectivity index (χ3n) is 3.05. The molecule has 3 rings (SSSR count). The zero-order valence-corrected chi connectivity index (χ0v) is 12.3. The minimum absolute atomic E-state index is 0.191. The van der Waals surface area contributed by atoms with Gasteiger partial charge in [0.05, 0.1) is 16.4 Å². The quantitative estimate of drug-likeness (QED) is 0.691. The second-order valence-corrected chi connectivity index (χ2v) is 5.55. The molecule has 0 fully saturated rings. The van der Waals surface area contributed by atoms with Gasteiger partial charge >= 0.3 is 0 Å². The fourth-order valence-corrected chi connectivity index (χ4v) is 2.50. The van der Waals surface area contributed by atoms with Crippen molar-refractivity contribution in [2.75, 3.05) is 0 Å². The normalized spacial score (nSPS) is 12.9. The van der Waals surface area contributed by atoms with Gasteiger partial charge in [-0.25, -0.2) is 4.98 Å². The van der Waals surface area contributed by atoms with E-state index < -0.39 is 0 Å². The molecule has 0 bridgehead atoms. The van der Waals surface area contributed by atoms with Crippen LogP contribution in [0.25, 0.3) is 11.0 Å². The predicted octanol–water partition coefficient (Wildman–Crippen LogP) is 3.62. The average molecular weight is 311 g/mol. The first kappa shape index (κ1) is 13.4. The summed E-state index contributed by atoms with van der Waals surface area (Å²) in [7, 11) is 0. The molecule has 0 spiro atoms. The van der Waals surface area contributed by atoms with Crippen LogP contribution in [0.5, 0.6) is 0 Å². The molecule has 0 aliphatic heterocycles. The Morgan fingerprint density at radius 2 is 2.25 bits per heavy atom. The molecule has 3 aromatic rings. The summed E-state index contributed by atoms with van der Waals surface area (Å²) in [6, 6.07) is 5.60. The zero-order valence-electron chi connectivity index (χ0n) is 10.8. The average Bonchev–Trinajstić information content (AvgIpc) is 3.03. The van der Waals surface area contributed by atoms with Crippen molar-refractivity contribution in [3.63, 3.8) is 0 Å². The number of aromatic nitrogens is 4. The number of aryl methyl sites for hydroxylation is 2. The first-order valence-corrected chi connectivity index (χ1v) is 7.02. The van der Waals surface area contributed by atoms with Crippen LogP contribution >= 0.6 is 23.2 Å². The van der Waals surface area contributed by atoms with E-state index in [9.17, 15) is 0 Å². The number of rotatable bonds is 4. The fraction of sp³-hybridized carbons (Fsp3) is 0.308. The van der Waals surface area contributed by atoms with Crippen molar-refractivity contribution >= 4 is 34.2 Å². The SMILES string of the molecule is CC(Cl)c1nc2ccc(Cl)cc2n1CCc1ncno1. The maximum absolute atomic E-state index is 6.21. The number of alkyl halides is 1. The molecular weight excluding hydrogens is 299 g/mol. The highest BCUT2D eigenvalue weighted by Gasteiger charge is 2.15. The Morgan fingerprint density at radius 3 is 2.95 bits per heavy atom. The van der Waals surface area contributed by atoms with Gasteiger partial charge in [0.1, 0.15) is 5.82 Å². The Labute approximate surface area is 125 Å². The van der Waals surface area contributed by atoms with E-state index in [1.807, 2.05) is 29.7 Å². The molecular formula is C13H12Cl2N4O. The number of halogens is 2. The van der Waals surface area contributed by atoms with Gasteiger partial charge in [-0.05, 0) is 25.1 Å². The molecule has 0 aliphatic rings. The topological polar surface area (TPSA) is 56.7 Å². The molecule has 5 nitrogen and oxygen atoms in total. The molecule has 1 atom stereocenters. The van der Waals surface area contributed by atoms with Gasteiger partial charge in [-0.2, -0.15) is 4.98 Å². The molecule has 2 heterocycles. The van der Waals surface area contributed by atoms with E-state index in [0.29, 0.717) is 23.9 Å². The molecule has 0 radical (unpaired) electrons. The molecule has 7 heteroatoms. The van der Waals surface area contributed by atoms with E-state index in [-0.39, 0.29) is 5.38 Å². The van der Waals surface area contributed by atoms with Gasteiger partial charge in [-0.15, -0.1) is 11.6 Å². The van der Waals surface area contributed by atoms with E-state index >= 15 is 0 Å². The zero-order chi connectivity index (χ0) is 14.1. The molecule has 1 unspecified atom stereocenters.